The van der Waals surface area contributed by atoms with Crippen LogP contribution in [0.2, 0.25) is 24.2 Å². The molecule has 0 amide bonds. The van der Waals surface area contributed by atoms with Crippen molar-refractivity contribution in [2.75, 3.05) is 6.61 Å². The SMILES string of the molecule is C=CC(=O)OCCC[Si](CC)(CC)CC(=C)C. The molecule has 0 fully saturated rings. The van der Waals surface area contributed by atoms with Crippen LogP contribution in [-0.4, -0.2) is 20.7 Å². The summed E-state index contributed by atoms with van der Waals surface area (Å²) < 4.78 is 5.02. The van der Waals surface area contributed by atoms with E-state index < -0.39 is 8.07 Å². The summed E-state index contributed by atoms with van der Waals surface area (Å²) in [4.78, 5) is 10.9. The van der Waals surface area contributed by atoms with E-state index in [4.69, 9.17) is 4.74 Å². The normalized spacial score (nSPS) is 11.0. The van der Waals surface area contributed by atoms with E-state index in [0.717, 1.165) is 6.42 Å². The first-order valence-corrected chi connectivity index (χ1v) is 9.26. The van der Waals surface area contributed by atoms with Crippen molar-refractivity contribution in [3.63, 3.8) is 0 Å². The average molecular weight is 254 g/mol. The summed E-state index contributed by atoms with van der Waals surface area (Å²) in [7, 11) is -1.21. The van der Waals surface area contributed by atoms with Gasteiger partial charge in [-0.05, 0) is 19.4 Å². The van der Waals surface area contributed by atoms with E-state index in [1.807, 2.05) is 0 Å². The molecule has 0 bridgehead atoms. The third kappa shape index (κ3) is 6.47. The minimum absolute atomic E-state index is 0.315. The predicted molar refractivity (Wildman–Crippen MR) is 76.9 cm³/mol. The second-order valence-electron chi connectivity index (χ2n) is 4.82. The number of ether oxygens (including phenoxy) is 1. The van der Waals surface area contributed by atoms with Crippen LogP contribution in [0, 0.1) is 0 Å². The zero-order chi connectivity index (χ0) is 13.3. The fourth-order valence-electron chi connectivity index (χ4n) is 2.26. The number of esters is 1. The van der Waals surface area contributed by atoms with Gasteiger partial charge in [-0.2, -0.15) is 0 Å². The molecule has 0 unspecified atom stereocenters. The highest BCUT2D eigenvalue weighted by molar-refractivity contribution is 6.80. The molecule has 0 saturated heterocycles. The molecular formula is C14H26O2Si. The maximum absolute atomic E-state index is 10.9. The van der Waals surface area contributed by atoms with Crippen LogP contribution in [0.1, 0.15) is 27.2 Å². The zero-order valence-electron chi connectivity index (χ0n) is 11.6. The first kappa shape index (κ1) is 16.2. The lowest BCUT2D eigenvalue weighted by Crippen LogP contribution is -2.32. The Balaban J connectivity index is 4.12. The standard InChI is InChI=1S/C14H26O2Si/c1-6-14(15)16-10-9-11-17(7-2,8-3)12-13(4)5/h6H,1,4,7-12H2,2-3,5H3. The monoisotopic (exact) mass is 254 g/mol. The molecule has 2 nitrogen and oxygen atoms in total. The smallest absolute Gasteiger partial charge is 0.330 e. The minimum Gasteiger partial charge on any atom is -0.463 e. The lowest BCUT2D eigenvalue weighted by molar-refractivity contribution is -0.137. The molecule has 0 heterocycles. The highest BCUT2D eigenvalue weighted by Crippen LogP contribution is 2.29. The van der Waals surface area contributed by atoms with Gasteiger partial charge >= 0.3 is 5.97 Å². The van der Waals surface area contributed by atoms with Crippen molar-refractivity contribution < 1.29 is 9.53 Å². The van der Waals surface area contributed by atoms with Crippen molar-refractivity contribution in [3.8, 4) is 0 Å². The summed E-state index contributed by atoms with van der Waals surface area (Å²) in [5, 5.41) is 0. The zero-order valence-corrected chi connectivity index (χ0v) is 12.6. The molecule has 0 aliphatic rings. The second kappa shape index (κ2) is 8.29. The van der Waals surface area contributed by atoms with Gasteiger partial charge in [-0.3, -0.25) is 0 Å². The van der Waals surface area contributed by atoms with Crippen molar-refractivity contribution in [1.29, 1.82) is 0 Å². The van der Waals surface area contributed by atoms with Gasteiger partial charge in [-0.15, -0.1) is 6.58 Å². The molecule has 0 N–H and O–H groups in total. The quantitative estimate of drug-likeness (QED) is 0.203. The third-order valence-electron chi connectivity index (χ3n) is 3.44. The number of hydrogen-bond donors (Lipinski definition) is 0. The fourth-order valence-corrected chi connectivity index (χ4v) is 6.32. The largest absolute Gasteiger partial charge is 0.463 e. The number of carbonyl (C=O) groups excluding carboxylic acids is 1. The summed E-state index contributed by atoms with van der Waals surface area (Å²) in [5.41, 5.74) is 1.29. The van der Waals surface area contributed by atoms with Crippen LogP contribution in [0.25, 0.3) is 0 Å². The molecule has 0 atom stereocenters. The van der Waals surface area contributed by atoms with Gasteiger partial charge in [0.1, 0.15) is 0 Å². The number of hydrogen-bond acceptors (Lipinski definition) is 2. The van der Waals surface area contributed by atoms with Crippen LogP contribution in [0.4, 0.5) is 0 Å². The van der Waals surface area contributed by atoms with Crippen LogP contribution < -0.4 is 0 Å². The van der Waals surface area contributed by atoms with E-state index in [1.165, 1.54) is 35.8 Å². The van der Waals surface area contributed by atoms with Crippen molar-refractivity contribution in [1.82, 2.24) is 0 Å². The summed E-state index contributed by atoms with van der Waals surface area (Å²) >= 11 is 0. The first-order valence-electron chi connectivity index (χ1n) is 6.43. The molecule has 3 heteroatoms. The van der Waals surface area contributed by atoms with Gasteiger partial charge < -0.3 is 4.74 Å². The van der Waals surface area contributed by atoms with E-state index in [9.17, 15) is 4.79 Å². The van der Waals surface area contributed by atoms with Crippen molar-refractivity contribution in [2.24, 2.45) is 0 Å². The lowest BCUT2D eigenvalue weighted by Gasteiger charge is -2.29. The van der Waals surface area contributed by atoms with Crippen LogP contribution in [0.3, 0.4) is 0 Å². The molecule has 98 valence electrons. The van der Waals surface area contributed by atoms with Crippen LogP contribution >= 0.6 is 0 Å². The van der Waals surface area contributed by atoms with Crippen molar-refractivity contribution in [3.05, 3.63) is 24.8 Å². The van der Waals surface area contributed by atoms with E-state index in [1.54, 1.807) is 0 Å². The Morgan fingerprint density at radius 3 is 2.35 bits per heavy atom. The van der Waals surface area contributed by atoms with Crippen LogP contribution in [0.15, 0.2) is 24.8 Å². The summed E-state index contributed by atoms with van der Waals surface area (Å²) in [6.45, 7) is 14.6. The third-order valence-corrected chi connectivity index (χ3v) is 9.21. The van der Waals surface area contributed by atoms with Gasteiger partial charge in [-0.25, -0.2) is 4.79 Å². The Morgan fingerprint density at radius 2 is 1.94 bits per heavy atom. The highest BCUT2D eigenvalue weighted by atomic mass is 28.3. The number of carbonyl (C=O) groups is 1. The lowest BCUT2D eigenvalue weighted by atomic mass is 10.4. The van der Waals surface area contributed by atoms with Gasteiger partial charge in [-0.1, -0.05) is 44.1 Å². The Bertz CT molecular complexity index is 267. The maximum Gasteiger partial charge on any atom is 0.330 e. The van der Waals surface area contributed by atoms with Crippen LogP contribution in [-0.2, 0) is 9.53 Å². The molecule has 0 saturated carbocycles. The molecule has 0 spiro atoms. The summed E-state index contributed by atoms with van der Waals surface area (Å²) in [5.74, 6) is -0.315. The first-order chi connectivity index (χ1) is 7.99. The molecule has 0 aromatic heterocycles. The van der Waals surface area contributed by atoms with Crippen molar-refractivity contribution >= 4 is 14.0 Å². The predicted octanol–water partition coefficient (Wildman–Crippen LogP) is 4.17. The second-order valence-corrected chi connectivity index (χ2v) is 10.1. The molecule has 0 aliphatic carbocycles. The highest BCUT2D eigenvalue weighted by Gasteiger charge is 2.28. The summed E-state index contributed by atoms with van der Waals surface area (Å²) in [6.07, 6.45) is 2.19. The van der Waals surface area contributed by atoms with E-state index in [2.05, 4.69) is 33.9 Å². The van der Waals surface area contributed by atoms with Gasteiger partial charge in [0.2, 0.25) is 0 Å². The van der Waals surface area contributed by atoms with Gasteiger partial charge in [0.15, 0.2) is 0 Å². The van der Waals surface area contributed by atoms with Crippen molar-refractivity contribution in [2.45, 2.75) is 51.4 Å². The number of allylic oxidation sites excluding steroid dienone is 1. The molecule has 0 rings (SSSR count). The maximum atomic E-state index is 10.9. The van der Waals surface area contributed by atoms with E-state index in [0.29, 0.717) is 6.61 Å². The van der Waals surface area contributed by atoms with E-state index >= 15 is 0 Å². The topological polar surface area (TPSA) is 26.3 Å². The molecule has 0 aliphatic heterocycles. The Kier molecular flexibility index (Phi) is 7.88. The van der Waals surface area contributed by atoms with E-state index in [-0.39, 0.29) is 5.97 Å². The Labute approximate surface area is 107 Å². The summed E-state index contributed by atoms with van der Waals surface area (Å²) in [6, 6.07) is 4.99. The molecular weight excluding hydrogens is 228 g/mol. The number of rotatable bonds is 9. The van der Waals surface area contributed by atoms with Gasteiger partial charge in [0.05, 0.1) is 14.7 Å². The van der Waals surface area contributed by atoms with Gasteiger partial charge in [0.25, 0.3) is 0 Å². The van der Waals surface area contributed by atoms with Crippen LogP contribution in [0.5, 0.6) is 0 Å². The minimum atomic E-state index is -1.21. The molecule has 0 aromatic carbocycles. The Hall–Kier alpha value is -0.833. The van der Waals surface area contributed by atoms with Gasteiger partial charge in [0, 0.05) is 6.08 Å². The average Bonchev–Trinajstić information content (AvgIpc) is 2.32. The molecule has 0 aromatic rings. The molecule has 17 heavy (non-hydrogen) atoms. The fraction of sp³-hybridized carbons (Fsp3) is 0.643. The Morgan fingerprint density at radius 1 is 1.35 bits per heavy atom. The molecule has 0 radical (unpaired) electrons.